The molecule has 0 aromatic heterocycles. The van der Waals surface area contributed by atoms with Gasteiger partial charge in [0.25, 0.3) is 0 Å². The maximum absolute atomic E-state index is 12.1. The van der Waals surface area contributed by atoms with Crippen LogP contribution >= 0.6 is 12.4 Å². The van der Waals surface area contributed by atoms with E-state index in [1.165, 1.54) is 0 Å². The SMILES string of the molecule is CC(CN)CNC(=O)C1CCCN(C(=O)C2CC2)C1.Cl. The lowest BCUT2D eigenvalue weighted by molar-refractivity contribution is -0.136. The molecular formula is C14H26ClN3O2. The first-order valence-corrected chi connectivity index (χ1v) is 7.38. The molecule has 20 heavy (non-hydrogen) atoms. The highest BCUT2D eigenvalue weighted by atomic mass is 35.5. The number of nitrogens with zero attached hydrogens (tertiary/aromatic N) is 1. The first-order chi connectivity index (χ1) is 9.11. The third-order valence-corrected chi connectivity index (χ3v) is 4.06. The summed E-state index contributed by atoms with van der Waals surface area (Å²) in [5.41, 5.74) is 5.53. The van der Waals surface area contributed by atoms with Gasteiger partial charge in [0.1, 0.15) is 0 Å². The minimum Gasteiger partial charge on any atom is -0.355 e. The Morgan fingerprint density at radius 3 is 2.60 bits per heavy atom. The van der Waals surface area contributed by atoms with Gasteiger partial charge in [-0.2, -0.15) is 0 Å². The van der Waals surface area contributed by atoms with Gasteiger partial charge in [-0.3, -0.25) is 9.59 Å². The number of rotatable bonds is 5. The number of amides is 2. The Bertz CT molecular complexity index is 347. The van der Waals surface area contributed by atoms with Crippen LogP contribution in [0.15, 0.2) is 0 Å². The zero-order valence-corrected chi connectivity index (χ0v) is 13.0. The summed E-state index contributed by atoms with van der Waals surface area (Å²) in [6.07, 6.45) is 3.88. The molecule has 0 radical (unpaired) electrons. The number of likely N-dealkylation sites (tertiary alicyclic amines) is 1. The average molecular weight is 304 g/mol. The minimum atomic E-state index is -0.0403. The van der Waals surface area contributed by atoms with Crippen LogP contribution in [0.25, 0.3) is 0 Å². The Kier molecular flexibility index (Phi) is 6.76. The molecule has 5 nitrogen and oxygen atoms in total. The molecule has 1 saturated carbocycles. The van der Waals surface area contributed by atoms with Crippen LogP contribution in [0, 0.1) is 17.8 Å². The van der Waals surface area contributed by atoms with Gasteiger partial charge in [0.05, 0.1) is 5.92 Å². The molecule has 2 atom stereocenters. The summed E-state index contributed by atoms with van der Waals surface area (Å²) in [4.78, 5) is 26.0. The van der Waals surface area contributed by atoms with Crippen molar-refractivity contribution in [3.8, 4) is 0 Å². The zero-order valence-electron chi connectivity index (χ0n) is 12.1. The lowest BCUT2D eigenvalue weighted by Crippen LogP contribution is -2.46. The Labute approximate surface area is 127 Å². The van der Waals surface area contributed by atoms with E-state index in [4.69, 9.17) is 5.73 Å². The van der Waals surface area contributed by atoms with Crippen LogP contribution < -0.4 is 11.1 Å². The summed E-state index contributed by atoms with van der Waals surface area (Å²) >= 11 is 0. The van der Waals surface area contributed by atoms with E-state index in [1.54, 1.807) is 0 Å². The van der Waals surface area contributed by atoms with Crippen molar-refractivity contribution < 1.29 is 9.59 Å². The van der Waals surface area contributed by atoms with Crippen LogP contribution in [0.3, 0.4) is 0 Å². The number of halogens is 1. The predicted octanol–water partition coefficient (Wildman–Crippen LogP) is 0.768. The van der Waals surface area contributed by atoms with Crippen molar-refractivity contribution in [2.45, 2.75) is 32.6 Å². The Morgan fingerprint density at radius 1 is 1.30 bits per heavy atom. The Balaban J connectivity index is 0.00000200. The summed E-state index contributed by atoms with van der Waals surface area (Å²) in [6, 6.07) is 0. The maximum Gasteiger partial charge on any atom is 0.225 e. The summed E-state index contributed by atoms with van der Waals surface area (Å²) in [5.74, 6) is 0.846. The second kappa shape index (κ2) is 7.84. The lowest BCUT2D eigenvalue weighted by Gasteiger charge is -2.32. The Hall–Kier alpha value is -0.810. The van der Waals surface area contributed by atoms with E-state index in [0.717, 1.165) is 32.2 Å². The minimum absolute atomic E-state index is 0. The van der Waals surface area contributed by atoms with E-state index in [9.17, 15) is 9.59 Å². The van der Waals surface area contributed by atoms with E-state index in [0.29, 0.717) is 25.6 Å². The molecule has 1 aliphatic heterocycles. The van der Waals surface area contributed by atoms with Gasteiger partial charge < -0.3 is 16.0 Å². The van der Waals surface area contributed by atoms with Gasteiger partial charge in [0.15, 0.2) is 0 Å². The standard InChI is InChI=1S/C14H25N3O2.ClH/c1-10(7-15)8-16-13(18)12-3-2-6-17(9-12)14(19)11-4-5-11;/h10-12H,2-9,15H2,1H3,(H,16,18);1H. The topological polar surface area (TPSA) is 75.4 Å². The van der Waals surface area contributed by atoms with Crippen molar-refractivity contribution in [3.63, 3.8) is 0 Å². The number of hydrogen-bond acceptors (Lipinski definition) is 3. The third kappa shape index (κ3) is 4.63. The number of carbonyl (C=O) groups excluding carboxylic acids is 2. The van der Waals surface area contributed by atoms with Crippen LogP contribution in [0.2, 0.25) is 0 Å². The van der Waals surface area contributed by atoms with Gasteiger partial charge in [0, 0.05) is 25.6 Å². The fourth-order valence-corrected chi connectivity index (χ4v) is 2.48. The van der Waals surface area contributed by atoms with Crippen LogP contribution in [-0.2, 0) is 9.59 Å². The highest BCUT2D eigenvalue weighted by molar-refractivity contribution is 5.85. The molecule has 1 saturated heterocycles. The number of nitrogens with one attached hydrogen (secondary N) is 1. The molecule has 2 fully saturated rings. The fraction of sp³-hybridized carbons (Fsp3) is 0.857. The van der Waals surface area contributed by atoms with Crippen molar-refractivity contribution >= 4 is 24.2 Å². The highest BCUT2D eigenvalue weighted by Crippen LogP contribution is 2.32. The molecule has 0 aromatic rings. The molecule has 1 aliphatic carbocycles. The Morgan fingerprint density at radius 2 is 2.00 bits per heavy atom. The largest absolute Gasteiger partial charge is 0.355 e. The van der Waals surface area contributed by atoms with Gasteiger partial charge >= 0.3 is 0 Å². The number of piperidine rings is 1. The summed E-state index contributed by atoms with van der Waals surface area (Å²) < 4.78 is 0. The van der Waals surface area contributed by atoms with Crippen molar-refractivity contribution in [2.75, 3.05) is 26.2 Å². The van der Waals surface area contributed by atoms with Gasteiger partial charge in [-0.1, -0.05) is 6.92 Å². The van der Waals surface area contributed by atoms with Crippen molar-refractivity contribution in [3.05, 3.63) is 0 Å². The normalized spacial score (nSPS) is 23.7. The average Bonchev–Trinajstić information content (AvgIpc) is 3.28. The molecule has 6 heteroatoms. The number of nitrogens with two attached hydrogens (primary N) is 1. The van der Waals surface area contributed by atoms with Gasteiger partial charge in [-0.05, 0) is 38.1 Å². The molecule has 2 aliphatic rings. The van der Waals surface area contributed by atoms with Crippen molar-refractivity contribution in [2.24, 2.45) is 23.5 Å². The summed E-state index contributed by atoms with van der Waals surface area (Å²) in [6.45, 7) is 4.64. The quantitative estimate of drug-likeness (QED) is 0.787. The molecule has 2 amide bonds. The smallest absolute Gasteiger partial charge is 0.225 e. The van der Waals surface area contributed by atoms with Gasteiger partial charge in [0.2, 0.25) is 11.8 Å². The molecule has 2 rings (SSSR count). The summed E-state index contributed by atoms with van der Waals surface area (Å²) in [7, 11) is 0. The highest BCUT2D eigenvalue weighted by Gasteiger charge is 2.36. The van der Waals surface area contributed by atoms with Crippen LogP contribution in [0.4, 0.5) is 0 Å². The summed E-state index contributed by atoms with van der Waals surface area (Å²) in [5, 5.41) is 2.95. The van der Waals surface area contributed by atoms with E-state index in [1.807, 2.05) is 11.8 Å². The van der Waals surface area contributed by atoms with E-state index in [2.05, 4.69) is 5.32 Å². The molecule has 3 N–H and O–H groups in total. The van der Waals surface area contributed by atoms with E-state index >= 15 is 0 Å². The van der Waals surface area contributed by atoms with Crippen LogP contribution in [0.1, 0.15) is 32.6 Å². The molecular weight excluding hydrogens is 278 g/mol. The fourth-order valence-electron chi connectivity index (χ4n) is 2.48. The number of hydrogen-bond donors (Lipinski definition) is 2. The van der Waals surface area contributed by atoms with Crippen LogP contribution in [-0.4, -0.2) is 42.9 Å². The third-order valence-electron chi connectivity index (χ3n) is 4.06. The van der Waals surface area contributed by atoms with E-state index in [-0.39, 0.29) is 36.1 Å². The number of carbonyl (C=O) groups is 2. The molecule has 116 valence electrons. The maximum atomic E-state index is 12.1. The second-order valence-corrected chi connectivity index (χ2v) is 5.98. The molecule has 2 unspecified atom stereocenters. The second-order valence-electron chi connectivity index (χ2n) is 5.98. The molecule has 1 heterocycles. The van der Waals surface area contributed by atoms with E-state index < -0.39 is 0 Å². The predicted molar refractivity (Wildman–Crippen MR) is 80.5 cm³/mol. The first kappa shape index (κ1) is 17.2. The molecule has 0 spiro atoms. The molecule has 0 bridgehead atoms. The van der Waals surface area contributed by atoms with Crippen LogP contribution in [0.5, 0.6) is 0 Å². The molecule has 0 aromatic carbocycles. The first-order valence-electron chi connectivity index (χ1n) is 7.38. The van der Waals surface area contributed by atoms with Gasteiger partial charge in [-0.15, -0.1) is 12.4 Å². The van der Waals surface area contributed by atoms with Crippen molar-refractivity contribution in [1.29, 1.82) is 0 Å². The zero-order chi connectivity index (χ0) is 13.8. The monoisotopic (exact) mass is 303 g/mol. The van der Waals surface area contributed by atoms with Gasteiger partial charge in [-0.25, -0.2) is 0 Å². The lowest BCUT2D eigenvalue weighted by atomic mass is 9.96. The van der Waals surface area contributed by atoms with Crippen molar-refractivity contribution in [1.82, 2.24) is 10.2 Å².